The number of carbonyl (C=O) groups is 1. The lowest BCUT2D eigenvalue weighted by molar-refractivity contribution is -0.127. The van der Waals surface area contributed by atoms with E-state index in [0.717, 1.165) is 13.0 Å². The molecule has 1 aromatic rings. The quantitative estimate of drug-likeness (QED) is 0.699. The molecular weight excluding hydrogens is 244 g/mol. The van der Waals surface area contributed by atoms with Crippen molar-refractivity contribution in [1.82, 2.24) is 10.2 Å². The second-order valence-corrected chi connectivity index (χ2v) is 5.01. The highest BCUT2D eigenvalue weighted by molar-refractivity contribution is 5.78. The topological polar surface area (TPSA) is 72.8 Å². The Morgan fingerprint density at radius 2 is 2.21 bits per heavy atom. The van der Waals surface area contributed by atoms with Crippen molar-refractivity contribution in [3.8, 4) is 11.5 Å². The van der Waals surface area contributed by atoms with Crippen LogP contribution in [0.3, 0.4) is 0 Å². The van der Waals surface area contributed by atoms with Gasteiger partial charge in [0.2, 0.25) is 5.91 Å². The van der Waals surface area contributed by atoms with Gasteiger partial charge in [-0.1, -0.05) is 12.1 Å². The molecule has 0 bridgehead atoms. The number of hydrogen-bond acceptors (Lipinski definition) is 4. The number of para-hydroxylation sites is 1. The Kier molecular flexibility index (Phi) is 4.27. The van der Waals surface area contributed by atoms with Crippen molar-refractivity contribution >= 4 is 5.91 Å². The largest absolute Gasteiger partial charge is 0.504 e. The lowest BCUT2D eigenvalue weighted by Gasteiger charge is -2.22. The number of nitrogens with one attached hydrogen (secondary N) is 1. The van der Waals surface area contributed by atoms with Crippen molar-refractivity contribution in [1.29, 1.82) is 0 Å². The fourth-order valence-electron chi connectivity index (χ4n) is 2.30. The predicted molar refractivity (Wildman–Crippen MR) is 71.9 cm³/mol. The van der Waals surface area contributed by atoms with E-state index in [2.05, 4.69) is 5.32 Å². The van der Waals surface area contributed by atoms with Gasteiger partial charge in [0.1, 0.15) is 0 Å². The van der Waals surface area contributed by atoms with E-state index in [1.165, 1.54) is 6.07 Å². The van der Waals surface area contributed by atoms with E-state index in [0.29, 0.717) is 25.1 Å². The molecule has 1 aromatic carbocycles. The highest BCUT2D eigenvalue weighted by Crippen LogP contribution is 2.27. The molecular formula is C14H20N2O3. The Morgan fingerprint density at radius 1 is 1.42 bits per heavy atom. The summed E-state index contributed by atoms with van der Waals surface area (Å²) in [6.45, 7) is 3.98. The zero-order chi connectivity index (χ0) is 13.8. The van der Waals surface area contributed by atoms with E-state index in [4.69, 9.17) is 0 Å². The van der Waals surface area contributed by atoms with Gasteiger partial charge in [0.25, 0.3) is 0 Å². The van der Waals surface area contributed by atoms with Gasteiger partial charge in [0.15, 0.2) is 11.5 Å². The molecule has 1 aliphatic rings. The van der Waals surface area contributed by atoms with E-state index < -0.39 is 0 Å². The van der Waals surface area contributed by atoms with Crippen LogP contribution in [0.1, 0.15) is 25.3 Å². The second kappa shape index (κ2) is 5.93. The monoisotopic (exact) mass is 264 g/mol. The molecule has 0 aromatic heterocycles. The summed E-state index contributed by atoms with van der Waals surface area (Å²) in [4.78, 5) is 13.4. The third-order valence-corrected chi connectivity index (χ3v) is 3.40. The Balaban J connectivity index is 1.84. The fraction of sp³-hybridized carbons (Fsp3) is 0.500. The average Bonchev–Trinajstić information content (AvgIpc) is 2.77. The number of rotatable bonds is 5. The molecule has 1 unspecified atom stereocenters. The number of phenols is 2. The predicted octanol–water partition coefficient (Wildman–Crippen LogP) is 1.20. The summed E-state index contributed by atoms with van der Waals surface area (Å²) in [5, 5.41) is 22.3. The first-order valence-electron chi connectivity index (χ1n) is 6.59. The Hall–Kier alpha value is -1.75. The van der Waals surface area contributed by atoms with Gasteiger partial charge in [0.05, 0.1) is 0 Å². The van der Waals surface area contributed by atoms with Gasteiger partial charge >= 0.3 is 0 Å². The van der Waals surface area contributed by atoms with Crippen molar-refractivity contribution in [2.75, 3.05) is 13.1 Å². The maximum Gasteiger partial charge on any atom is 0.222 e. The summed E-state index contributed by atoms with van der Waals surface area (Å²) in [7, 11) is 0. The molecule has 0 radical (unpaired) electrons. The van der Waals surface area contributed by atoms with Crippen molar-refractivity contribution < 1.29 is 15.0 Å². The number of likely N-dealkylation sites (tertiary alicyclic amines) is 1. The zero-order valence-corrected chi connectivity index (χ0v) is 11.1. The molecule has 19 heavy (non-hydrogen) atoms. The van der Waals surface area contributed by atoms with E-state index in [-0.39, 0.29) is 23.4 Å². The number of amides is 1. The highest BCUT2D eigenvalue weighted by atomic mass is 16.3. The van der Waals surface area contributed by atoms with Gasteiger partial charge in [-0.3, -0.25) is 4.79 Å². The van der Waals surface area contributed by atoms with Crippen LogP contribution in [0.15, 0.2) is 18.2 Å². The fourth-order valence-corrected chi connectivity index (χ4v) is 2.30. The molecule has 3 N–H and O–H groups in total. The Labute approximate surface area is 112 Å². The number of hydrogen-bond donors (Lipinski definition) is 3. The lowest BCUT2D eigenvalue weighted by atomic mass is 10.1. The molecule has 0 spiro atoms. The average molecular weight is 264 g/mol. The summed E-state index contributed by atoms with van der Waals surface area (Å²) < 4.78 is 0. The summed E-state index contributed by atoms with van der Waals surface area (Å²) in [6, 6.07) is 5.05. The molecule has 2 rings (SSSR count). The van der Waals surface area contributed by atoms with Crippen LogP contribution in [0.25, 0.3) is 0 Å². The molecule has 5 heteroatoms. The molecule has 1 heterocycles. The molecule has 0 saturated carbocycles. The van der Waals surface area contributed by atoms with Crippen molar-refractivity contribution in [3.63, 3.8) is 0 Å². The highest BCUT2D eigenvalue weighted by Gasteiger charge is 2.21. The summed E-state index contributed by atoms with van der Waals surface area (Å²) in [5.41, 5.74) is 0.652. The molecule has 0 aliphatic carbocycles. The van der Waals surface area contributed by atoms with Gasteiger partial charge in [0, 0.05) is 37.7 Å². The van der Waals surface area contributed by atoms with Crippen LogP contribution in [0, 0.1) is 0 Å². The van der Waals surface area contributed by atoms with Gasteiger partial charge in [-0.25, -0.2) is 0 Å². The van der Waals surface area contributed by atoms with Crippen LogP contribution in [0.4, 0.5) is 0 Å². The third kappa shape index (κ3) is 3.38. The van der Waals surface area contributed by atoms with Crippen LogP contribution in [-0.4, -0.2) is 40.2 Å². The first-order chi connectivity index (χ1) is 9.08. The number of benzene rings is 1. The van der Waals surface area contributed by atoms with Gasteiger partial charge in [-0.2, -0.15) is 0 Å². The molecule has 5 nitrogen and oxygen atoms in total. The van der Waals surface area contributed by atoms with E-state index in [1.807, 2.05) is 11.8 Å². The van der Waals surface area contributed by atoms with Crippen molar-refractivity contribution in [3.05, 3.63) is 23.8 Å². The SMILES string of the molecule is CC(CN1CCCC1=O)NCc1cccc(O)c1O. The van der Waals surface area contributed by atoms with Crippen molar-refractivity contribution in [2.24, 2.45) is 0 Å². The molecule has 1 amide bonds. The normalized spacial score (nSPS) is 16.9. The summed E-state index contributed by atoms with van der Waals surface area (Å²) in [5.74, 6) is 0.0231. The van der Waals surface area contributed by atoms with Gasteiger partial charge in [-0.15, -0.1) is 0 Å². The van der Waals surface area contributed by atoms with Gasteiger partial charge < -0.3 is 20.4 Å². The first-order valence-corrected chi connectivity index (χ1v) is 6.59. The van der Waals surface area contributed by atoms with Crippen molar-refractivity contribution in [2.45, 2.75) is 32.4 Å². The number of carbonyl (C=O) groups excluding carboxylic acids is 1. The standard InChI is InChI=1S/C14H20N2O3/c1-10(9-16-7-3-6-13(16)18)15-8-11-4-2-5-12(17)14(11)19/h2,4-5,10,15,17,19H,3,6-9H2,1H3. The van der Waals surface area contributed by atoms with E-state index in [9.17, 15) is 15.0 Å². The number of nitrogens with zero attached hydrogens (tertiary/aromatic N) is 1. The minimum atomic E-state index is -0.110. The molecule has 1 atom stereocenters. The Morgan fingerprint density at radius 3 is 2.89 bits per heavy atom. The number of aromatic hydroxyl groups is 2. The molecule has 1 saturated heterocycles. The molecule has 1 fully saturated rings. The maximum atomic E-state index is 11.5. The van der Waals surface area contributed by atoms with Gasteiger partial charge in [-0.05, 0) is 19.4 Å². The van der Waals surface area contributed by atoms with Crippen LogP contribution < -0.4 is 5.32 Å². The lowest BCUT2D eigenvalue weighted by Crippen LogP contribution is -2.39. The second-order valence-electron chi connectivity index (χ2n) is 5.01. The van der Waals surface area contributed by atoms with E-state index in [1.54, 1.807) is 12.1 Å². The van der Waals surface area contributed by atoms with Crippen LogP contribution >= 0.6 is 0 Å². The Bertz CT molecular complexity index is 462. The first kappa shape index (κ1) is 13.7. The number of phenolic OH excluding ortho intramolecular Hbond substituents is 2. The van der Waals surface area contributed by atoms with Crippen LogP contribution in [0.5, 0.6) is 11.5 Å². The smallest absolute Gasteiger partial charge is 0.222 e. The van der Waals surface area contributed by atoms with Crippen LogP contribution in [-0.2, 0) is 11.3 Å². The molecule has 1 aliphatic heterocycles. The minimum Gasteiger partial charge on any atom is -0.504 e. The molecule has 104 valence electrons. The summed E-state index contributed by atoms with van der Waals surface area (Å²) >= 11 is 0. The zero-order valence-electron chi connectivity index (χ0n) is 11.1. The summed E-state index contributed by atoms with van der Waals surface area (Å²) in [6.07, 6.45) is 1.60. The van der Waals surface area contributed by atoms with E-state index >= 15 is 0 Å². The maximum absolute atomic E-state index is 11.5. The van der Waals surface area contributed by atoms with Crippen LogP contribution in [0.2, 0.25) is 0 Å². The third-order valence-electron chi connectivity index (χ3n) is 3.40. The minimum absolute atomic E-state index is 0.0838.